The molecule has 4 nitrogen and oxygen atoms in total. The van der Waals surface area contributed by atoms with Gasteiger partial charge >= 0.3 is 5.97 Å². The van der Waals surface area contributed by atoms with Crippen LogP contribution in [0.3, 0.4) is 0 Å². The SMILES string of the molecule is COc1ccc(-c2cc(OC(C)=O)c3cccn3c2)cc1. The minimum Gasteiger partial charge on any atom is -0.497 e. The Labute approximate surface area is 122 Å². The number of aromatic nitrogens is 1. The number of hydrogen-bond acceptors (Lipinski definition) is 3. The lowest BCUT2D eigenvalue weighted by Gasteiger charge is -2.09. The predicted octanol–water partition coefficient (Wildman–Crippen LogP) is 3.54. The Morgan fingerprint density at radius 1 is 1.10 bits per heavy atom. The highest BCUT2D eigenvalue weighted by atomic mass is 16.5. The molecule has 21 heavy (non-hydrogen) atoms. The molecule has 0 aliphatic rings. The normalized spacial score (nSPS) is 10.6. The van der Waals surface area contributed by atoms with Gasteiger partial charge in [0.1, 0.15) is 5.75 Å². The number of hydrogen-bond donors (Lipinski definition) is 0. The average molecular weight is 281 g/mol. The highest BCUT2D eigenvalue weighted by Gasteiger charge is 2.09. The van der Waals surface area contributed by atoms with E-state index in [1.165, 1.54) is 6.92 Å². The molecular formula is C17H15NO3. The van der Waals surface area contributed by atoms with Crippen LogP contribution in [0.2, 0.25) is 0 Å². The van der Waals surface area contributed by atoms with Crippen molar-refractivity contribution in [2.75, 3.05) is 7.11 Å². The minimum absolute atomic E-state index is 0.329. The molecule has 0 saturated carbocycles. The predicted molar refractivity (Wildman–Crippen MR) is 80.7 cm³/mol. The van der Waals surface area contributed by atoms with Crippen LogP contribution in [0.1, 0.15) is 6.92 Å². The Balaban J connectivity index is 2.10. The maximum atomic E-state index is 11.3. The van der Waals surface area contributed by atoms with Gasteiger partial charge in [-0.3, -0.25) is 4.79 Å². The van der Waals surface area contributed by atoms with E-state index < -0.39 is 0 Å². The van der Waals surface area contributed by atoms with Crippen LogP contribution >= 0.6 is 0 Å². The van der Waals surface area contributed by atoms with Crippen LogP contribution in [0.4, 0.5) is 0 Å². The first kappa shape index (κ1) is 13.2. The monoisotopic (exact) mass is 281 g/mol. The maximum absolute atomic E-state index is 11.3. The molecule has 0 bridgehead atoms. The molecule has 4 heteroatoms. The highest BCUT2D eigenvalue weighted by Crippen LogP contribution is 2.29. The summed E-state index contributed by atoms with van der Waals surface area (Å²) in [6.45, 7) is 1.40. The van der Waals surface area contributed by atoms with Crippen LogP contribution in [0.5, 0.6) is 11.5 Å². The summed E-state index contributed by atoms with van der Waals surface area (Å²) in [5.74, 6) is 1.03. The summed E-state index contributed by atoms with van der Waals surface area (Å²) in [4.78, 5) is 11.3. The molecule has 0 saturated heterocycles. The van der Waals surface area contributed by atoms with Crippen LogP contribution in [-0.4, -0.2) is 17.5 Å². The molecule has 0 fully saturated rings. The molecule has 0 aliphatic heterocycles. The van der Waals surface area contributed by atoms with E-state index in [0.29, 0.717) is 5.75 Å². The molecule has 0 spiro atoms. The molecule has 0 unspecified atom stereocenters. The number of ether oxygens (including phenoxy) is 2. The zero-order chi connectivity index (χ0) is 14.8. The van der Waals surface area contributed by atoms with Crippen molar-refractivity contribution in [2.24, 2.45) is 0 Å². The lowest BCUT2D eigenvalue weighted by molar-refractivity contribution is -0.131. The third-order valence-electron chi connectivity index (χ3n) is 3.27. The van der Waals surface area contributed by atoms with Gasteiger partial charge in [0.25, 0.3) is 0 Å². The van der Waals surface area contributed by atoms with Crippen molar-refractivity contribution in [2.45, 2.75) is 6.92 Å². The fourth-order valence-corrected chi connectivity index (χ4v) is 2.30. The van der Waals surface area contributed by atoms with E-state index in [4.69, 9.17) is 9.47 Å². The molecule has 0 radical (unpaired) electrons. The lowest BCUT2D eigenvalue weighted by atomic mass is 10.1. The second-order valence-electron chi connectivity index (χ2n) is 4.72. The summed E-state index contributed by atoms with van der Waals surface area (Å²) in [6.07, 6.45) is 3.93. The summed E-state index contributed by atoms with van der Waals surface area (Å²) in [5, 5.41) is 0. The van der Waals surface area contributed by atoms with Gasteiger partial charge in [-0.15, -0.1) is 0 Å². The minimum atomic E-state index is -0.329. The van der Waals surface area contributed by atoms with Gasteiger partial charge in [-0.2, -0.15) is 0 Å². The molecular weight excluding hydrogens is 266 g/mol. The van der Waals surface area contributed by atoms with Crippen LogP contribution in [0.25, 0.3) is 16.6 Å². The van der Waals surface area contributed by atoms with E-state index in [1.54, 1.807) is 7.11 Å². The van der Waals surface area contributed by atoms with E-state index in [2.05, 4.69) is 0 Å². The van der Waals surface area contributed by atoms with Gasteiger partial charge in [-0.05, 0) is 35.9 Å². The molecule has 0 atom stereocenters. The number of nitrogens with zero attached hydrogens (tertiary/aromatic N) is 1. The van der Waals surface area contributed by atoms with Crippen LogP contribution in [0.15, 0.2) is 54.9 Å². The van der Waals surface area contributed by atoms with Crippen molar-refractivity contribution >= 4 is 11.5 Å². The number of esters is 1. The van der Waals surface area contributed by atoms with E-state index in [9.17, 15) is 4.79 Å². The van der Waals surface area contributed by atoms with Gasteiger partial charge in [-0.1, -0.05) is 12.1 Å². The van der Waals surface area contributed by atoms with Crippen LogP contribution in [-0.2, 0) is 4.79 Å². The van der Waals surface area contributed by atoms with Crippen molar-refractivity contribution in [3.8, 4) is 22.6 Å². The molecule has 0 N–H and O–H groups in total. The topological polar surface area (TPSA) is 39.9 Å². The fourth-order valence-electron chi connectivity index (χ4n) is 2.30. The van der Waals surface area contributed by atoms with Gasteiger partial charge in [-0.25, -0.2) is 0 Å². The van der Waals surface area contributed by atoms with E-state index >= 15 is 0 Å². The second kappa shape index (κ2) is 5.32. The molecule has 3 aromatic rings. The fraction of sp³-hybridized carbons (Fsp3) is 0.118. The molecule has 3 rings (SSSR count). The van der Waals surface area contributed by atoms with E-state index in [-0.39, 0.29) is 5.97 Å². The molecule has 2 aromatic heterocycles. The van der Waals surface area contributed by atoms with E-state index in [1.807, 2.05) is 59.3 Å². The molecule has 2 heterocycles. The molecule has 0 amide bonds. The number of fused-ring (bicyclic) bond motifs is 1. The highest BCUT2D eigenvalue weighted by molar-refractivity contribution is 5.77. The van der Waals surface area contributed by atoms with Gasteiger partial charge in [0.15, 0.2) is 5.75 Å². The third-order valence-corrected chi connectivity index (χ3v) is 3.27. The Hall–Kier alpha value is -2.75. The first-order chi connectivity index (χ1) is 10.2. The van der Waals surface area contributed by atoms with Gasteiger partial charge in [0.05, 0.1) is 12.6 Å². The van der Waals surface area contributed by atoms with Gasteiger partial charge < -0.3 is 13.9 Å². The van der Waals surface area contributed by atoms with Crippen LogP contribution < -0.4 is 9.47 Å². The smallest absolute Gasteiger partial charge is 0.308 e. The van der Waals surface area contributed by atoms with Crippen LogP contribution in [0, 0.1) is 0 Å². The van der Waals surface area contributed by atoms with Crippen molar-refractivity contribution in [3.63, 3.8) is 0 Å². The average Bonchev–Trinajstić information content (AvgIpc) is 2.95. The number of rotatable bonds is 3. The first-order valence-electron chi connectivity index (χ1n) is 6.61. The summed E-state index contributed by atoms with van der Waals surface area (Å²) < 4.78 is 12.4. The summed E-state index contributed by atoms with van der Waals surface area (Å²) in [5.41, 5.74) is 2.86. The van der Waals surface area contributed by atoms with Crippen molar-refractivity contribution in [3.05, 3.63) is 54.9 Å². The lowest BCUT2D eigenvalue weighted by Crippen LogP contribution is -2.03. The molecule has 106 valence electrons. The Morgan fingerprint density at radius 2 is 1.86 bits per heavy atom. The standard InChI is InChI=1S/C17H15NO3/c1-12(19)21-17-10-14(11-18-9-3-4-16(17)18)13-5-7-15(20-2)8-6-13/h3-11H,1-2H3. The summed E-state index contributed by atoms with van der Waals surface area (Å²) in [6, 6.07) is 13.5. The van der Waals surface area contributed by atoms with Crippen molar-refractivity contribution in [1.29, 1.82) is 0 Å². The maximum Gasteiger partial charge on any atom is 0.308 e. The second-order valence-corrected chi connectivity index (χ2v) is 4.72. The van der Waals surface area contributed by atoms with E-state index in [0.717, 1.165) is 22.4 Å². The Morgan fingerprint density at radius 3 is 2.52 bits per heavy atom. The van der Waals surface area contributed by atoms with Crippen molar-refractivity contribution < 1.29 is 14.3 Å². The van der Waals surface area contributed by atoms with Gasteiger partial charge in [0, 0.05) is 24.9 Å². The third kappa shape index (κ3) is 2.60. The number of benzene rings is 1. The zero-order valence-corrected chi connectivity index (χ0v) is 11.9. The Kier molecular flexibility index (Phi) is 3.36. The van der Waals surface area contributed by atoms with Gasteiger partial charge in [0.2, 0.25) is 0 Å². The summed E-state index contributed by atoms with van der Waals surface area (Å²) in [7, 11) is 1.64. The number of carbonyl (C=O) groups is 1. The summed E-state index contributed by atoms with van der Waals surface area (Å²) >= 11 is 0. The molecule has 1 aromatic carbocycles. The van der Waals surface area contributed by atoms with Crippen molar-refractivity contribution in [1.82, 2.24) is 4.40 Å². The number of carbonyl (C=O) groups excluding carboxylic acids is 1. The quantitative estimate of drug-likeness (QED) is 0.689. The molecule has 0 aliphatic carbocycles. The zero-order valence-electron chi connectivity index (χ0n) is 11.9. The Bertz CT molecular complexity index is 787. The number of methoxy groups -OCH3 is 1. The number of pyridine rings is 1. The largest absolute Gasteiger partial charge is 0.497 e. The first-order valence-corrected chi connectivity index (χ1v) is 6.61.